The number of nitrogens with zero attached hydrogens (tertiary/aromatic N) is 4. The van der Waals surface area contributed by atoms with Gasteiger partial charge in [0.05, 0.1) is 4.92 Å². The summed E-state index contributed by atoms with van der Waals surface area (Å²) in [4.78, 5) is 19.1. The van der Waals surface area contributed by atoms with E-state index in [1.807, 2.05) is 23.9 Å². The molecule has 21 heavy (non-hydrogen) atoms. The van der Waals surface area contributed by atoms with Crippen LogP contribution in [0.4, 0.5) is 17.3 Å². The van der Waals surface area contributed by atoms with Gasteiger partial charge in [-0.3, -0.25) is 10.1 Å². The Morgan fingerprint density at radius 2 is 2.05 bits per heavy atom. The minimum absolute atomic E-state index is 0.00611. The van der Waals surface area contributed by atoms with E-state index < -0.39 is 4.92 Å². The van der Waals surface area contributed by atoms with Gasteiger partial charge < -0.3 is 15.2 Å². The molecule has 0 bridgehead atoms. The zero-order chi connectivity index (χ0) is 16.0. The van der Waals surface area contributed by atoms with Crippen molar-refractivity contribution in [3.63, 3.8) is 0 Å². The standard InChI is InChI=1S/C13H24N6O2/c1-10(2)9-18(8-7-17(3)4)13-11(19(20)21)5-6-12(15-13)16-14/h5-6,10H,7-9,14H2,1-4H3,(H,15,16). The molecule has 0 aromatic carbocycles. The van der Waals surface area contributed by atoms with Crippen molar-refractivity contribution in [1.82, 2.24) is 9.88 Å². The number of nitro groups is 1. The van der Waals surface area contributed by atoms with Crippen molar-refractivity contribution in [3.05, 3.63) is 22.2 Å². The first-order chi connectivity index (χ1) is 9.85. The number of pyridine rings is 1. The van der Waals surface area contributed by atoms with Crippen molar-refractivity contribution in [2.75, 3.05) is 44.1 Å². The summed E-state index contributed by atoms with van der Waals surface area (Å²) < 4.78 is 0. The van der Waals surface area contributed by atoms with E-state index in [9.17, 15) is 10.1 Å². The molecule has 1 rings (SSSR count). The van der Waals surface area contributed by atoms with Crippen molar-refractivity contribution < 1.29 is 4.92 Å². The molecule has 0 aliphatic heterocycles. The Hall–Kier alpha value is -1.93. The Morgan fingerprint density at radius 1 is 1.38 bits per heavy atom. The zero-order valence-corrected chi connectivity index (χ0v) is 13.0. The van der Waals surface area contributed by atoms with Crippen LogP contribution in [0.1, 0.15) is 13.8 Å². The lowest BCUT2D eigenvalue weighted by molar-refractivity contribution is -0.384. The van der Waals surface area contributed by atoms with Crippen LogP contribution in [0, 0.1) is 16.0 Å². The highest BCUT2D eigenvalue weighted by Crippen LogP contribution is 2.28. The van der Waals surface area contributed by atoms with E-state index in [-0.39, 0.29) is 5.69 Å². The van der Waals surface area contributed by atoms with Gasteiger partial charge in [-0.05, 0) is 26.1 Å². The molecule has 0 saturated heterocycles. The van der Waals surface area contributed by atoms with Crippen molar-refractivity contribution in [3.8, 4) is 0 Å². The van der Waals surface area contributed by atoms with Crippen LogP contribution < -0.4 is 16.2 Å². The summed E-state index contributed by atoms with van der Waals surface area (Å²) in [6.07, 6.45) is 0. The molecule has 118 valence electrons. The van der Waals surface area contributed by atoms with Crippen molar-refractivity contribution in [2.24, 2.45) is 11.8 Å². The topological polar surface area (TPSA) is 101 Å². The molecular weight excluding hydrogens is 272 g/mol. The molecule has 0 aliphatic rings. The summed E-state index contributed by atoms with van der Waals surface area (Å²) in [6.45, 7) is 6.27. The molecule has 8 nitrogen and oxygen atoms in total. The molecule has 0 unspecified atom stereocenters. The molecule has 0 aliphatic carbocycles. The van der Waals surface area contributed by atoms with Gasteiger partial charge in [-0.25, -0.2) is 10.8 Å². The van der Waals surface area contributed by atoms with Gasteiger partial charge in [0.1, 0.15) is 5.82 Å². The molecule has 3 N–H and O–H groups in total. The highest BCUT2D eigenvalue weighted by molar-refractivity contribution is 5.61. The number of likely N-dealkylation sites (N-methyl/N-ethyl adjacent to an activating group) is 1. The molecule has 0 atom stereocenters. The molecule has 0 radical (unpaired) electrons. The average Bonchev–Trinajstić information content (AvgIpc) is 2.42. The van der Waals surface area contributed by atoms with Gasteiger partial charge in [0.15, 0.2) is 0 Å². The van der Waals surface area contributed by atoms with Crippen molar-refractivity contribution in [1.29, 1.82) is 0 Å². The molecule has 0 fully saturated rings. The van der Waals surface area contributed by atoms with E-state index in [0.717, 1.165) is 6.54 Å². The number of hydrogen-bond acceptors (Lipinski definition) is 7. The number of anilines is 2. The molecule has 1 aromatic rings. The second kappa shape index (κ2) is 7.75. The predicted molar refractivity (Wildman–Crippen MR) is 84.3 cm³/mol. The third-order valence-electron chi connectivity index (χ3n) is 2.90. The monoisotopic (exact) mass is 296 g/mol. The van der Waals surface area contributed by atoms with Crippen LogP contribution in [0.15, 0.2) is 12.1 Å². The summed E-state index contributed by atoms with van der Waals surface area (Å²) in [5.41, 5.74) is 2.43. The molecule has 0 saturated carbocycles. The third-order valence-corrected chi connectivity index (χ3v) is 2.90. The maximum Gasteiger partial charge on any atom is 0.311 e. The Balaban J connectivity index is 3.16. The first kappa shape index (κ1) is 17.1. The van der Waals surface area contributed by atoms with E-state index in [1.54, 1.807) is 0 Å². The maximum atomic E-state index is 11.2. The van der Waals surface area contributed by atoms with Crippen molar-refractivity contribution in [2.45, 2.75) is 13.8 Å². The smallest absolute Gasteiger partial charge is 0.311 e. The summed E-state index contributed by atoms with van der Waals surface area (Å²) in [5, 5.41) is 11.2. The quantitative estimate of drug-likeness (QED) is 0.423. The largest absolute Gasteiger partial charge is 0.349 e. The minimum Gasteiger partial charge on any atom is -0.349 e. The molecule has 1 aromatic heterocycles. The van der Waals surface area contributed by atoms with Gasteiger partial charge in [0, 0.05) is 25.7 Å². The van der Waals surface area contributed by atoms with Gasteiger partial charge in [0.2, 0.25) is 5.82 Å². The van der Waals surface area contributed by atoms with E-state index in [0.29, 0.717) is 30.6 Å². The fraction of sp³-hybridized carbons (Fsp3) is 0.615. The van der Waals surface area contributed by atoms with E-state index in [4.69, 9.17) is 5.84 Å². The van der Waals surface area contributed by atoms with Gasteiger partial charge in [-0.1, -0.05) is 13.8 Å². The lowest BCUT2D eigenvalue weighted by atomic mass is 10.2. The predicted octanol–water partition coefficient (Wildman–Crippen LogP) is 1.30. The highest BCUT2D eigenvalue weighted by Gasteiger charge is 2.22. The first-order valence-electron chi connectivity index (χ1n) is 6.86. The SMILES string of the molecule is CC(C)CN(CCN(C)C)c1nc(NN)ccc1[N+](=O)[O-]. The number of aromatic nitrogens is 1. The minimum atomic E-state index is -0.411. The van der Waals surface area contributed by atoms with Gasteiger partial charge in [-0.15, -0.1) is 0 Å². The summed E-state index contributed by atoms with van der Waals surface area (Å²) >= 11 is 0. The molecular formula is C13H24N6O2. The average molecular weight is 296 g/mol. The second-order valence-corrected chi connectivity index (χ2v) is 5.58. The van der Waals surface area contributed by atoms with E-state index >= 15 is 0 Å². The summed E-state index contributed by atoms with van der Waals surface area (Å²) in [5.74, 6) is 6.49. The maximum absolute atomic E-state index is 11.2. The lowest BCUT2D eigenvalue weighted by Gasteiger charge is -2.27. The normalized spacial score (nSPS) is 11.0. The number of nitrogens with one attached hydrogen (secondary N) is 1. The van der Waals surface area contributed by atoms with Gasteiger partial charge in [-0.2, -0.15) is 0 Å². The molecule has 0 spiro atoms. The van der Waals surface area contributed by atoms with E-state index in [2.05, 4.69) is 24.3 Å². The van der Waals surface area contributed by atoms with Crippen LogP contribution >= 0.6 is 0 Å². The summed E-state index contributed by atoms with van der Waals surface area (Å²) in [6, 6.07) is 2.93. The Kier molecular flexibility index (Phi) is 6.32. The van der Waals surface area contributed by atoms with E-state index in [1.165, 1.54) is 12.1 Å². The Labute approximate surface area is 125 Å². The number of hydrazine groups is 1. The fourth-order valence-electron chi connectivity index (χ4n) is 1.94. The summed E-state index contributed by atoms with van der Waals surface area (Å²) in [7, 11) is 3.93. The molecule has 1 heterocycles. The number of hydrogen-bond donors (Lipinski definition) is 2. The van der Waals surface area contributed by atoms with Crippen molar-refractivity contribution >= 4 is 17.3 Å². The van der Waals surface area contributed by atoms with Crippen LogP contribution in [0.3, 0.4) is 0 Å². The second-order valence-electron chi connectivity index (χ2n) is 5.58. The lowest BCUT2D eigenvalue weighted by Crippen LogP contribution is -2.35. The van der Waals surface area contributed by atoms with Gasteiger partial charge >= 0.3 is 5.69 Å². The van der Waals surface area contributed by atoms with Crippen LogP contribution in [0.25, 0.3) is 0 Å². The third kappa shape index (κ3) is 5.16. The van der Waals surface area contributed by atoms with Gasteiger partial charge in [0.25, 0.3) is 0 Å². The highest BCUT2D eigenvalue weighted by atomic mass is 16.6. The zero-order valence-electron chi connectivity index (χ0n) is 13.0. The Bertz CT molecular complexity index is 478. The fourth-order valence-corrected chi connectivity index (χ4v) is 1.94. The van der Waals surface area contributed by atoms with Crippen LogP contribution in [-0.2, 0) is 0 Å². The van der Waals surface area contributed by atoms with Crippen LogP contribution in [0.5, 0.6) is 0 Å². The number of nitrogens with two attached hydrogens (primary N) is 1. The number of nitrogen functional groups attached to an aromatic ring is 1. The molecule has 0 amide bonds. The first-order valence-corrected chi connectivity index (χ1v) is 6.86. The van der Waals surface area contributed by atoms with Crippen LogP contribution in [-0.4, -0.2) is 48.5 Å². The van der Waals surface area contributed by atoms with Crippen LogP contribution in [0.2, 0.25) is 0 Å². The Morgan fingerprint density at radius 3 is 2.52 bits per heavy atom. The molecule has 8 heteroatoms. The number of rotatable bonds is 8.